The number of carbonyl (C=O) groups is 1. The van der Waals surface area contributed by atoms with Gasteiger partial charge in [0.1, 0.15) is 5.75 Å². The minimum absolute atomic E-state index is 0.271. The number of benzene rings is 2. The molecule has 0 atom stereocenters. The maximum atomic E-state index is 12.4. The number of rotatable bonds is 5. The Balaban J connectivity index is 2.30. The lowest BCUT2D eigenvalue weighted by molar-refractivity contribution is 0.102. The Kier molecular flexibility index (Phi) is 6.00. The van der Waals surface area contributed by atoms with E-state index < -0.39 is 0 Å². The van der Waals surface area contributed by atoms with E-state index >= 15 is 0 Å². The third-order valence-electron chi connectivity index (χ3n) is 3.45. The summed E-state index contributed by atoms with van der Waals surface area (Å²) >= 11 is 11.1. The molecule has 0 spiro atoms. The maximum absolute atomic E-state index is 12.4. The van der Waals surface area contributed by atoms with E-state index in [4.69, 9.17) is 34.3 Å². The first-order valence-corrected chi connectivity index (χ1v) is 8.07. The molecule has 0 saturated heterocycles. The molecule has 0 aromatic heterocycles. The zero-order valence-corrected chi connectivity index (χ0v) is 14.9. The van der Waals surface area contributed by atoms with Gasteiger partial charge < -0.3 is 20.7 Å². The molecule has 24 heavy (non-hydrogen) atoms. The predicted octanol–water partition coefficient (Wildman–Crippen LogP) is 3.67. The van der Waals surface area contributed by atoms with Gasteiger partial charge in [-0.1, -0.05) is 23.7 Å². The van der Waals surface area contributed by atoms with Crippen LogP contribution in [0.15, 0.2) is 42.5 Å². The maximum Gasteiger partial charge on any atom is 0.257 e. The number of hydrogen-bond donors (Lipinski definition) is 2. The fourth-order valence-corrected chi connectivity index (χ4v) is 2.71. The SMILES string of the molecule is CCN(C(N)=S)c1ccc(NC(=O)c2ccccc2Cl)c(OC)c1. The van der Waals surface area contributed by atoms with Crippen LogP contribution in [0, 0.1) is 0 Å². The largest absolute Gasteiger partial charge is 0.494 e. The molecule has 5 nitrogen and oxygen atoms in total. The summed E-state index contributed by atoms with van der Waals surface area (Å²) in [6.07, 6.45) is 0. The number of hydrogen-bond acceptors (Lipinski definition) is 3. The van der Waals surface area contributed by atoms with Crippen molar-refractivity contribution < 1.29 is 9.53 Å². The second-order valence-corrected chi connectivity index (χ2v) is 5.73. The summed E-state index contributed by atoms with van der Waals surface area (Å²) in [6, 6.07) is 12.2. The minimum Gasteiger partial charge on any atom is -0.494 e. The fourth-order valence-electron chi connectivity index (χ4n) is 2.25. The predicted molar refractivity (Wildman–Crippen MR) is 102 cm³/mol. The number of anilines is 2. The quantitative estimate of drug-likeness (QED) is 0.793. The molecule has 126 valence electrons. The molecule has 0 fully saturated rings. The van der Waals surface area contributed by atoms with E-state index in [1.54, 1.807) is 41.3 Å². The second-order valence-electron chi connectivity index (χ2n) is 4.90. The molecular formula is C17H18ClN3O2S. The van der Waals surface area contributed by atoms with Crippen molar-refractivity contribution in [2.75, 3.05) is 23.9 Å². The van der Waals surface area contributed by atoms with Gasteiger partial charge >= 0.3 is 0 Å². The molecule has 7 heteroatoms. The van der Waals surface area contributed by atoms with Crippen molar-refractivity contribution in [2.45, 2.75) is 6.92 Å². The van der Waals surface area contributed by atoms with Gasteiger partial charge in [-0.15, -0.1) is 0 Å². The smallest absolute Gasteiger partial charge is 0.257 e. The highest BCUT2D eigenvalue weighted by molar-refractivity contribution is 7.80. The summed E-state index contributed by atoms with van der Waals surface area (Å²) in [6.45, 7) is 2.57. The molecule has 2 aromatic carbocycles. The van der Waals surface area contributed by atoms with Crippen LogP contribution in [-0.2, 0) is 0 Å². The Morgan fingerprint density at radius 3 is 2.62 bits per heavy atom. The van der Waals surface area contributed by atoms with Crippen molar-refractivity contribution in [3.63, 3.8) is 0 Å². The molecule has 0 unspecified atom stereocenters. The van der Waals surface area contributed by atoms with Crippen LogP contribution in [-0.4, -0.2) is 24.7 Å². The number of halogens is 1. The van der Waals surface area contributed by atoms with Gasteiger partial charge in [-0.05, 0) is 43.4 Å². The van der Waals surface area contributed by atoms with Crippen LogP contribution < -0.4 is 20.7 Å². The fraction of sp³-hybridized carbons (Fsp3) is 0.176. The lowest BCUT2D eigenvalue weighted by atomic mass is 10.2. The van der Waals surface area contributed by atoms with Crippen LogP contribution in [0.3, 0.4) is 0 Å². The van der Waals surface area contributed by atoms with Crippen LogP contribution in [0.2, 0.25) is 5.02 Å². The number of amides is 1. The first-order valence-electron chi connectivity index (χ1n) is 7.28. The highest BCUT2D eigenvalue weighted by Crippen LogP contribution is 2.30. The summed E-state index contributed by atoms with van der Waals surface area (Å²) < 4.78 is 5.37. The van der Waals surface area contributed by atoms with E-state index in [1.165, 1.54) is 7.11 Å². The normalized spacial score (nSPS) is 10.1. The summed E-state index contributed by atoms with van der Waals surface area (Å²) in [5, 5.41) is 3.46. The Bertz CT molecular complexity index is 767. The number of methoxy groups -OCH3 is 1. The first kappa shape index (κ1) is 18.0. The zero-order valence-electron chi connectivity index (χ0n) is 13.4. The van der Waals surface area contributed by atoms with Gasteiger partial charge in [0.05, 0.1) is 23.4 Å². The van der Waals surface area contributed by atoms with Crippen molar-refractivity contribution >= 4 is 46.2 Å². The molecule has 0 aliphatic heterocycles. The third kappa shape index (κ3) is 3.96. The van der Waals surface area contributed by atoms with Gasteiger partial charge in [0.15, 0.2) is 5.11 Å². The molecule has 1 amide bonds. The van der Waals surface area contributed by atoms with Gasteiger partial charge in [-0.2, -0.15) is 0 Å². The van der Waals surface area contributed by atoms with E-state index in [0.29, 0.717) is 28.6 Å². The molecule has 0 saturated carbocycles. The van der Waals surface area contributed by atoms with E-state index in [9.17, 15) is 4.79 Å². The van der Waals surface area contributed by atoms with Crippen molar-refractivity contribution in [1.82, 2.24) is 0 Å². The average Bonchev–Trinajstić information content (AvgIpc) is 2.56. The van der Waals surface area contributed by atoms with E-state index in [1.807, 2.05) is 13.0 Å². The highest BCUT2D eigenvalue weighted by Gasteiger charge is 2.15. The van der Waals surface area contributed by atoms with Crippen LogP contribution in [0.1, 0.15) is 17.3 Å². The number of ether oxygens (including phenoxy) is 1. The average molecular weight is 364 g/mol. The van der Waals surface area contributed by atoms with E-state index in [2.05, 4.69) is 5.32 Å². The van der Waals surface area contributed by atoms with Crippen LogP contribution in [0.4, 0.5) is 11.4 Å². The topological polar surface area (TPSA) is 67.6 Å². The number of nitrogens with two attached hydrogens (primary N) is 1. The van der Waals surface area contributed by atoms with Crippen molar-refractivity contribution in [2.24, 2.45) is 5.73 Å². The van der Waals surface area contributed by atoms with E-state index in [-0.39, 0.29) is 11.0 Å². The molecular weight excluding hydrogens is 346 g/mol. The van der Waals surface area contributed by atoms with Crippen LogP contribution in [0.25, 0.3) is 0 Å². The molecule has 2 rings (SSSR count). The summed E-state index contributed by atoms with van der Waals surface area (Å²) in [7, 11) is 1.53. The second kappa shape index (κ2) is 7.99. The number of thiocarbonyl (C=S) groups is 1. The molecule has 0 aliphatic carbocycles. The monoisotopic (exact) mass is 363 g/mol. The molecule has 0 heterocycles. The Morgan fingerprint density at radius 1 is 1.33 bits per heavy atom. The van der Waals surface area contributed by atoms with Gasteiger partial charge in [0.2, 0.25) is 0 Å². The number of carbonyl (C=O) groups excluding carboxylic acids is 1. The molecule has 0 bridgehead atoms. The van der Waals surface area contributed by atoms with Gasteiger partial charge in [-0.3, -0.25) is 4.79 Å². The first-order chi connectivity index (χ1) is 11.5. The van der Waals surface area contributed by atoms with E-state index in [0.717, 1.165) is 5.69 Å². The van der Waals surface area contributed by atoms with Gasteiger partial charge in [0.25, 0.3) is 5.91 Å². The zero-order chi connectivity index (χ0) is 17.7. The standard InChI is InChI=1S/C17H18ClN3O2S/c1-3-21(17(19)24)11-8-9-14(15(10-11)23-2)20-16(22)12-6-4-5-7-13(12)18/h4-10H,3H2,1-2H3,(H2,19,24)(H,20,22). The van der Waals surface area contributed by atoms with Gasteiger partial charge in [-0.25, -0.2) is 0 Å². The van der Waals surface area contributed by atoms with Crippen LogP contribution >= 0.6 is 23.8 Å². The van der Waals surface area contributed by atoms with Gasteiger partial charge in [0, 0.05) is 18.3 Å². The van der Waals surface area contributed by atoms with Crippen LogP contribution in [0.5, 0.6) is 5.75 Å². The molecule has 0 aliphatic rings. The lowest BCUT2D eigenvalue weighted by Crippen LogP contribution is -2.35. The van der Waals surface area contributed by atoms with Crippen molar-refractivity contribution in [1.29, 1.82) is 0 Å². The Morgan fingerprint density at radius 2 is 2.04 bits per heavy atom. The Hall–Kier alpha value is -2.31. The third-order valence-corrected chi connectivity index (χ3v) is 4.00. The number of nitrogens with zero attached hydrogens (tertiary/aromatic N) is 1. The summed E-state index contributed by atoms with van der Waals surface area (Å²) in [5.41, 5.74) is 7.43. The molecule has 0 radical (unpaired) electrons. The van der Waals surface area contributed by atoms with Crippen molar-refractivity contribution in [3.8, 4) is 5.75 Å². The summed E-state index contributed by atoms with van der Waals surface area (Å²) in [5.74, 6) is 0.191. The van der Waals surface area contributed by atoms with Crippen molar-refractivity contribution in [3.05, 3.63) is 53.1 Å². The highest BCUT2D eigenvalue weighted by atomic mass is 35.5. The summed E-state index contributed by atoms with van der Waals surface area (Å²) in [4.78, 5) is 14.1. The lowest BCUT2D eigenvalue weighted by Gasteiger charge is -2.22. The Labute approximate surface area is 151 Å². The minimum atomic E-state index is -0.312. The molecule has 2 aromatic rings. The number of nitrogens with one attached hydrogen (secondary N) is 1. The molecule has 3 N–H and O–H groups in total.